The van der Waals surface area contributed by atoms with Crippen molar-refractivity contribution in [3.05, 3.63) is 71.4 Å². The van der Waals surface area contributed by atoms with Gasteiger partial charge >= 0.3 is 0 Å². The zero-order valence-corrected chi connectivity index (χ0v) is 11.8. The first-order valence-electron chi connectivity index (χ1n) is 6.77. The minimum absolute atomic E-state index is 0.540. The molecule has 0 saturated carbocycles. The van der Waals surface area contributed by atoms with Gasteiger partial charge in [0.25, 0.3) is 0 Å². The van der Waals surface area contributed by atoms with E-state index in [-0.39, 0.29) is 0 Å². The average molecular weight is 263 g/mol. The molecule has 20 heavy (non-hydrogen) atoms. The number of pyridine rings is 1. The van der Waals surface area contributed by atoms with Crippen LogP contribution >= 0.6 is 0 Å². The molecule has 0 amide bonds. The van der Waals surface area contributed by atoms with Crippen molar-refractivity contribution in [3.63, 3.8) is 0 Å². The molecule has 0 atom stereocenters. The number of ether oxygens (including phenoxy) is 1. The highest BCUT2D eigenvalue weighted by Crippen LogP contribution is 2.22. The largest absolute Gasteiger partial charge is 0.489 e. The van der Waals surface area contributed by atoms with Crippen molar-refractivity contribution in [2.24, 2.45) is 0 Å². The number of rotatable bonds is 3. The van der Waals surface area contributed by atoms with Gasteiger partial charge in [-0.15, -0.1) is 0 Å². The molecule has 3 rings (SSSR count). The van der Waals surface area contributed by atoms with Crippen LogP contribution in [0.25, 0.3) is 10.9 Å². The van der Waals surface area contributed by atoms with Crippen molar-refractivity contribution < 1.29 is 4.74 Å². The van der Waals surface area contributed by atoms with Crippen molar-refractivity contribution in [1.29, 1.82) is 0 Å². The number of aromatic nitrogens is 1. The maximum atomic E-state index is 5.95. The van der Waals surface area contributed by atoms with Gasteiger partial charge in [-0.25, -0.2) is 0 Å². The molecule has 0 unspecified atom stereocenters. The molecule has 1 heterocycles. The van der Waals surface area contributed by atoms with Crippen LogP contribution in [0.1, 0.15) is 16.7 Å². The molecule has 3 aromatic rings. The average Bonchev–Trinajstić information content (AvgIpc) is 2.46. The Hall–Kier alpha value is -2.35. The molecule has 0 fully saturated rings. The summed E-state index contributed by atoms with van der Waals surface area (Å²) in [4.78, 5) is 4.45. The summed E-state index contributed by atoms with van der Waals surface area (Å²) < 4.78 is 5.95. The first-order valence-corrected chi connectivity index (χ1v) is 6.77. The number of nitrogens with zero attached hydrogens (tertiary/aromatic N) is 1. The Morgan fingerprint density at radius 2 is 1.85 bits per heavy atom. The molecule has 0 aliphatic rings. The monoisotopic (exact) mass is 263 g/mol. The second kappa shape index (κ2) is 5.33. The number of benzene rings is 2. The van der Waals surface area contributed by atoms with E-state index in [4.69, 9.17) is 4.74 Å². The van der Waals surface area contributed by atoms with Crippen LogP contribution in [0.3, 0.4) is 0 Å². The van der Waals surface area contributed by atoms with E-state index in [2.05, 4.69) is 49.2 Å². The zero-order valence-electron chi connectivity index (χ0n) is 11.8. The van der Waals surface area contributed by atoms with Crippen LogP contribution in [0.4, 0.5) is 0 Å². The highest BCUT2D eigenvalue weighted by atomic mass is 16.5. The van der Waals surface area contributed by atoms with Crippen LogP contribution in [-0.4, -0.2) is 4.98 Å². The van der Waals surface area contributed by atoms with Gasteiger partial charge in [0, 0.05) is 17.1 Å². The van der Waals surface area contributed by atoms with Crippen molar-refractivity contribution in [2.45, 2.75) is 20.5 Å². The van der Waals surface area contributed by atoms with Crippen LogP contribution in [-0.2, 0) is 6.61 Å². The first-order chi connectivity index (χ1) is 9.74. The molecular formula is C18H17NO. The van der Waals surface area contributed by atoms with Gasteiger partial charge in [-0.1, -0.05) is 42.0 Å². The van der Waals surface area contributed by atoms with E-state index >= 15 is 0 Å². The van der Waals surface area contributed by atoms with Gasteiger partial charge in [-0.05, 0) is 31.5 Å². The van der Waals surface area contributed by atoms with E-state index < -0.39 is 0 Å². The van der Waals surface area contributed by atoms with E-state index in [9.17, 15) is 0 Å². The van der Waals surface area contributed by atoms with Gasteiger partial charge in [-0.3, -0.25) is 4.98 Å². The predicted molar refractivity (Wildman–Crippen MR) is 82.0 cm³/mol. The number of fused-ring (bicyclic) bond motifs is 1. The van der Waals surface area contributed by atoms with Gasteiger partial charge in [0.15, 0.2) is 0 Å². The van der Waals surface area contributed by atoms with Crippen molar-refractivity contribution in [1.82, 2.24) is 4.98 Å². The molecule has 0 bridgehead atoms. The fraction of sp³-hybridized carbons (Fsp3) is 0.167. The quantitative estimate of drug-likeness (QED) is 0.697. The SMILES string of the molecule is Cc1ccc(OCc2cccc3cccnc23)c(C)c1. The summed E-state index contributed by atoms with van der Waals surface area (Å²) in [7, 11) is 0. The van der Waals surface area contributed by atoms with Crippen LogP contribution in [0.2, 0.25) is 0 Å². The summed E-state index contributed by atoms with van der Waals surface area (Å²) in [5.41, 5.74) is 4.54. The molecular weight excluding hydrogens is 246 g/mol. The lowest BCUT2D eigenvalue weighted by Crippen LogP contribution is -1.99. The molecule has 100 valence electrons. The highest BCUT2D eigenvalue weighted by Gasteiger charge is 2.04. The number of para-hydroxylation sites is 1. The summed E-state index contributed by atoms with van der Waals surface area (Å²) >= 11 is 0. The van der Waals surface area contributed by atoms with E-state index in [1.807, 2.05) is 24.4 Å². The molecule has 2 nitrogen and oxygen atoms in total. The minimum Gasteiger partial charge on any atom is -0.489 e. The summed E-state index contributed by atoms with van der Waals surface area (Å²) in [6, 6.07) is 16.5. The van der Waals surface area contributed by atoms with Gasteiger partial charge in [0.2, 0.25) is 0 Å². The van der Waals surface area contributed by atoms with Crippen molar-refractivity contribution in [2.75, 3.05) is 0 Å². The van der Waals surface area contributed by atoms with Crippen LogP contribution < -0.4 is 4.74 Å². The summed E-state index contributed by atoms with van der Waals surface area (Å²) in [6.07, 6.45) is 1.82. The van der Waals surface area contributed by atoms with Crippen molar-refractivity contribution >= 4 is 10.9 Å². The number of hydrogen-bond acceptors (Lipinski definition) is 2. The molecule has 0 saturated heterocycles. The van der Waals surface area contributed by atoms with Crippen molar-refractivity contribution in [3.8, 4) is 5.75 Å². The van der Waals surface area contributed by atoms with Gasteiger partial charge < -0.3 is 4.74 Å². The third kappa shape index (κ3) is 2.50. The maximum absolute atomic E-state index is 5.95. The standard InChI is InChI=1S/C18H17NO/c1-13-8-9-17(14(2)11-13)20-12-16-6-3-5-15-7-4-10-19-18(15)16/h3-11H,12H2,1-2H3. The Balaban J connectivity index is 1.87. The normalized spacial score (nSPS) is 10.7. The lowest BCUT2D eigenvalue weighted by atomic mass is 10.1. The second-order valence-corrected chi connectivity index (χ2v) is 5.05. The summed E-state index contributed by atoms with van der Waals surface area (Å²) in [5.74, 6) is 0.934. The molecule has 0 radical (unpaired) electrons. The van der Waals surface area contributed by atoms with Crippen LogP contribution in [0.5, 0.6) is 5.75 Å². The Morgan fingerprint density at radius 3 is 2.70 bits per heavy atom. The van der Waals surface area contributed by atoms with Gasteiger partial charge in [0.1, 0.15) is 12.4 Å². The Labute approximate surface area is 119 Å². The zero-order chi connectivity index (χ0) is 13.9. The molecule has 0 aliphatic carbocycles. The van der Waals surface area contributed by atoms with E-state index in [0.29, 0.717) is 6.61 Å². The van der Waals surface area contributed by atoms with Crippen LogP contribution in [0, 0.1) is 13.8 Å². The predicted octanol–water partition coefficient (Wildman–Crippen LogP) is 4.43. The Kier molecular flexibility index (Phi) is 3.38. The van der Waals surface area contributed by atoms with E-state index in [1.54, 1.807) is 0 Å². The second-order valence-electron chi connectivity index (χ2n) is 5.05. The topological polar surface area (TPSA) is 22.1 Å². The molecule has 0 N–H and O–H groups in total. The molecule has 0 spiro atoms. The smallest absolute Gasteiger partial charge is 0.122 e. The summed E-state index contributed by atoms with van der Waals surface area (Å²) in [5, 5.41) is 1.15. The molecule has 2 heteroatoms. The lowest BCUT2D eigenvalue weighted by Gasteiger charge is -2.11. The van der Waals surface area contributed by atoms with Crippen LogP contribution in [0.15, 0.2) is 54.7 Å². The highest BCUT2D eigenvalue weighted by molar-refractivity contribution is 5.81. The van der Waals surface area contributed by atoms with Gasteiger partial charge in [-0.2, -0.15) is 0 Å². The summed E-state index contributed by atoms with van der Waals surface area (Å²) in [6.45, 7) is 4.70. The van der Waals surface area contributed by atoms with E-state index in [0.717, 1.165) is 27.8 Å². The Morgan fingerprint density at radius 1 is 1.00 bits per heavy atom. The van der Waals surface area contributed by atoms with Gasteiger partial charge in [0.05, 0.1) is 5.52 Å². The van der Waals surface area contributed by atoms with E-state index in [1.165, 1.54) is 5.56 Å². The lowest BCUT2D eigenvalue weighted by molar-refractivity contribution is 0.305. The maximum Gasteiger partial charge on any atom is 0.122 e. The third-order valence-corrected chi connectivity index (χ3v) is 3.43. The minimum atomic E-state index is 0.540. The molecule has 2 aromatic carbocycles. The third-order valence-electron chi connectivity index (χ3n) is 3.43. The number of hydrogen-bond donors (Lipinski definition) is 0. The Bertz CT molecular complexity index is 744. The first kappa shape index (κ1) is 12.7. The number of aryl methyl sites for hydroxylation is 2. The fourth-order valence-electron chi connectivity index (χ4n) is 2.40. The molecule has 1 aromatic heterocycles. The molecule has 0 aliphatic heterocycles. The fourth-order valence-corrected chi connectivity index (χ4v) is 2.40.